The first-order chi connectivity index (χ1) is 8.08. The second-order valence-corrected chi connectivity index (χ2v) is 5.39. The van der Waals surface area contributed by atoms with Crippen LogP contribution < -0.4 is 5.73 Å². The quantitative estimate of drug-likeness (QED) is 0.900. The molecule has 0 radical (unpaired) electrons. The number of aryl methyl sites for hydroxylation is 1. The Bertz CT molecular complexity index is 488. The number of rotatable bonds is 4. The van der Waals surface area contributed by atoms with E-state index in [0.717, 1.165) is 16.5 Å². The van der Waals surface area contributed by atoms with Gasteiger partial charge in [-0.05, 0) is 20.8 Å². The lowest BCUT2D eigenvalue weighted by Gasteiger charge is -2.14. The molecule has 2 heterocycles. The van der Waals surface area contributed by atoms with Crippen molar-refractivity contribution in [2.45, 2.75) is 39.3 Å². The predicted octanol–water partition coefficient (Wildman–Crippen LogP) is 1.87. The van der Waals surface area contributed by atoms with Crippen molar-refractivity contribution in [1.29, 1.82) is 0 Å². The van der Waals surface area contributed by atoms with Crippen LogP contribution in [0.25, 0.3) is 0 Å². The molecular formula is C11H17N5S. The van der Waals surface area contributed by atoms with Crippen LogP contribution in [0, 0.1) is 6.92 Å². The van der Waals surface area contributed by atoms with Crippen molar-refractivity contribution in [1.82, 2.24) is 19.7 Å². The van der Waals surface area contributed by atoms with Gasteiger partial charge < -0.3 is 5.73 Å². The van der Waals surface area contributed by atoms with Gasteiger partial charge in [-0.3, -0.25) is 0 Å². The summed E-state index contributed by atoms with van der Waals surface area (Å²) < 4.78 is 1.86. The van der Waals surface area contributed by atoms with Gasteiger partial charge in [0.15, 0.2) is 0 Å². The molecule has 0 amide bonds. The first kappa shape index (κ1) is 12.2. The van der Waals surface area contributed by atoms with Crippen molar-refractivity contribution in [3.05, 3.63) is 28.2 Å². The molecule has 5 nitrogen and oxygen atoms in total. The average molecular weight is 251 g/mol. The Hall–Kier alpha value is -1.27. The Kier molecular flexibility index (Phi) is 3.54. The summed E-state index contributed by atoms with van der Waals surface area (Å²) in [7, 11) is 0. The maximum absolute atomic E-state index is 6.16. The summed E-state index contributed by atoms with van der Waals surface area (Å²) in [5.74, 6) is 0.825. The molecule has 0 bridgehead atoms. The minimum absolute atomic E-state index is 0.151. The number of thiazole rings is 1. The standard InChI is InChI=1S/C11H17N5S/c1-7(2)16-11(13-6-14-16)10(12)4-9-5-17-8(3)15-9/h5-7,10H,4,12H2,1-3H3. The predicted molar refractivity (Wildman–Crippen MR) is 67.9 cm³/mol. The van der Waals surface area contributed by atoms with Gasteiger partial charge in [0.1, 0.15) is 12.2 Å². The van der Waals surface area contributed by atoms with Crippen molar-refractivity contribution < 1.29 is 0 Å². The van der Waals surface area contributed by atoms with E-state index < -0.39 is 0 Å². The maximum Gasteiger partial charge on any atom is 0.144 e. The summed E-state index contributed by atoms with van der Waals surface area (Å²) in [6.07, 6.45) is 2.26. The molecule has 0 saturated carbocycles. The Balaban J connectivity index is 2.14. The highest BCUT2D eigenvalue weighted by atomic mass is 32.1. The Morgan fingerprint density at radius 1 is 1.47 bits per heavy atom. The van der Waals surface area contributed by atoms with E-state index in [-0.39, 0.29) is 12.1 Å². The molecule has 0 saturated heterocycles. The van der Waals surface area contributed by atoms with E-state index in [1.54, 1.807) is 17.7 Å². The fourth-order valence-corrected chi connectivity index (χ4v) is 2.37. The van der Waals surface area contributed by atoms with Crippen molar-refractivity contribution in [2.24, 2.45) is 5.73 Å². The lowest BCUT2D eigenvalue weighted by Crippen LogP contribution is -2.20. The van der Waals surface area contributed by atoms with E-state index in [9.17, 15) is 0 Å². The highest BCUT2D eigenvalue weighted by molar-refractivity contribution is 7.09. The molecule has 0 fully saturated rings. The van der Waals surface area contributed by atoms with Gasteiger partial charge in [0.2, 0.25) is 0 Å². The number of hydrogen-bond donors (Lipinski definition) is 1. The summed E-state index contributed by atoms with van der Waals surface area (Å²) >= 11 is 1.64. The van der Waals surface area contributed by atoms with Crippen LogP contribution in [0.2, 0.25) is 0 Å². The zero-order chi connectivity index (χ0) is 12.4. The molecule has 0 aliphatic carbocycles. The van der Waals surface area contributed by atoms with Gasteiger partial charge in [-0.1, -0.05) is 0 Å². The fraction of sp³-hybridized carbons (Fsp3) is 0.545. The van der Waals surface area contributed by atoms with E-state index in [2.05, 4.69) is 28.9 Å². The lowest BCUT2D eigenvalue weighted by molar-refractivity contribution is 0.477. The van der Waals surface area contributed by atoms with Gasteiger partial charge >= 0.3 is 0 Å². The number of nitrogens with two attached hydrogens (primary N) is 1. The first-order valence-corrected chi connectivity index (χ1v) is 6.52. The highest BCUT2D eigenvalue weighted by Crippen LogP contribution is 2.18. The van der Waals surface area contributed by atoms with Crippen LogP contribution in [0.3, 0.4) is 0 Å². The Labute approximate surface area is 105 Å². The summed E-state index contributed by atoms with van der Waals surface area (Å²) in [6.45, 7) is 6.13. The molecule has 2 aromatic rings. The summed E-state index contributed by atoms with van der Waals surface area (Å²) in [5, 5.41) is 7.31. The summed E-state index contributed by atoms with van der Waals surface area (Å²) in [4.78, 5) is 8.66. The molecule has 92 valence electrons. The molecule has 1 atom stereocenters. The molecular weight excluding hydrogens is 234 g/mol. The van der Waals surface area contributed by atoms with Gasteiger partial charge in [-0.15, -0.1) is 11.3 Å². The zero-order valence-electron chi connectivity index (χ0n) is 10.3. The van der Waals surface area contributed by atoms with Crippen LogP contribution in [-0.4, -0.2) is 19.7 Å². The van der Waals surface area contributed by atoms with Gasteiger partial charge in [-0.25, -0.2) is 14.6 Å². The maximum atomic E-state index is 6.16. The zero-order valence-corrected chi connectivity index (χ0v) is 11.1. The summed E-state index contributed by atoms with van der Waals surface area (Å²) in [6, 6.07) is 0.122. The van der Waals surface area contributed by atoms with Crippen LogP contribution in [0.4, 0.5) is 0 Å². The molecule has 2 aromatic heterocycles. The van der Waals surface area contributed by atoms with Crippen LogP contribution in [0.15, 0.2) is 11.7 Å². The van der Waals surface area contributed by atoms with Gasteiger partial charge in [0.05, 0.1) is 16.7 Å². The second-order valence-electron chi connectivity index (χ2n) is 4.33. The highest BCUT2D eigenvalue weighted by Gasteiger charge is 2.16. The van der Waals surface area contributed by atoms with Crippen molar-refractivity contribution in [2.75, 3.05) is 0 Å². The molecule has 0 aliphatic heterocycles. The molecule has 2 N–H and O–H groups in total. The van der Waals surface area contributed by atoms with Crippen LogP contribution in [0.1, 0.15) is 42.5 Å². The van der Waals surface area contributed by atoms with Crippen LogP contribution in [0.5, 0.6) is 0 Å². The average Bonchev–Trinajstić information content (AvgIpc) is 2.86. The monoisotopic (exact) mass is 251 g/mol. The van der Waals surface area contributed by atoms with E-state index in [4.69, 9.17) is 5.73 Å². The second kappa shape index (κ2) is 4.93. The summed E-state index contributed by atoms with van der Waals surface area (Å²) in [5.41, 5.74) is 7.19. The Morgan fingerprint density at radius 2 is 2.24 bits per heavy atom. The normalized spacial score (nSPS) is 13.2. The third-order valence-electron chi connectivity index (χ3n) is 2.52. The van der Waals surface area contributed by atoms with E-state index in [1.165, 1.54) is 0 Å². The minimum atomic E-state index is -0.151. The van der Waals surface area contributed by atoms with E-state index in [0.29, 0.717) is 6.42 Å². The number of nitrogens with zero attached hydrogens (tertiary/aromatic N) is 4. The number of hydrogen-bond acceptors (Lipinski definition) is 5. The van der Waals surface area contributed by atoms with Gasteiger partial charge in [0, 0.05) is 17.8 Å². The van der Waals surface area contributed by atoms with E-state index >= 15 is 0 Å². The van der Waals surface area contributed by atoms with Crippen LogP contribution >= 0.6 is 11.3 Å². The molecule has 0 aliphatic rings. The third kappa shape index (κ3) is 2.70. The fourth-order valence-electron chi connectivity index (χ4n) is 1.74. The van der Waals surface area contributed by atoms with Crippen LogP contribution in [-0.2, 0) is 6.42 Å². The smallest absolute Gasteiger partial charge is 0.144 e. The van der Waals surface area contributed by atoms with Gasteiger partial charge in [-0.2, -0.15) is 5.10 Å². The third-order valence-corrected chi connectivity index (χ3v) is 3.34. The Morgan fingerprint density at radius 3 is 2.82 bits per heavy atom. The van der Waals surface area contributed by atoms with Gasteiger partial charge in [0.25, 0.3) is 0 Å². The van der Waals surface area contributed by atoms with Crippen molar-refractivity contribution >= 4 is 11.3 Å². The molecule has 2 rings (SSSR count). The molecule has 17 heavy (non-hydrogen) atoms. The molecule has 6 heteroatoms. The molecule has 0 aromatic carbocycles. The molecule has 0 spiro atoms. The topological polar surface area (TPSA) is 69.6 Å². The van der Waals surface area contributed by atoms with Crippen molar-refractivity contribution in [3.63, 3.8) is 0 Å². The first-order valence-electron chi connectivity index (χ1n) is 5.64. The SMILES string of the molecule is Cc1nc(CC(N)c2ncnn2C(C)C)cs1. The minimum Gasteiger partial charge on any atom is -0.321 e. The largest absolute Gasteiger partial charge is 0.321 e. The lowest BCUT2D eigenvalue weighted by atomic mass is 10.1. The molecule has 1 unspecified atom stereocenters. The van der Waals surface area contributed by atoms with E-state index in [1.807, 2.05) is 17.0 Å². The van der Waals surface area contributed by atoms with Crippen molar-refractivity contribution in [3.8, 4) is 0 Å². The number of aromatic nitrogens is 4.